The van der Waals surface area contributed by atoms with Gasteiger partial charge in [-0.05, 0) is 57.0 Å². The van der Waals surface area contributed by atoms with E-state index in [2.05, 4.69) is 31.0 Å². The molecule has 0 amide bonds. The number of carbonyl (C=O) groups is 1. The zero-order valence-corrected chi connectivity index (χ0v) is 13.9. The molecule has 2 fully saturated rings. The van der Waals surface area contributed by atoms with Crippen molar-refractivity contribution in [3.63, 3.8) is 0 Å². The van der Waals surface area contributed by atoms with Gasteiger partial charge in [-0.1, -0.05) is 27.2 Å². The number of aliphatic carboxylic acids is 1. The molecule has 2 unspecified atom stereocenters. The van der Waals surface area contributed by atoms with Gasteiger partial charge in [0.1, 0.15) is 5.54 Å². The summed E-state index contributed by atoms with van der Waals surface area (Å²) in [6.45, 7) is 9.88. The van der Waals surface area contributed by atoms with Crippen LogP contribution >= 0.6 is 0 Å². The molecule has 122 valence electrons. The van der Waals surface area contributed by atoms with Crippen molar-refractivity contribution < 1.29 is 9.90 Å². The summed E-state index contributed by atoms with van der Waals surface area (Å²) >= 11 is 0. The fraction of sp³-hybridized carbons (Fsp3) is 0.941. The predicted octanol–water partition coefficient (Wildman–Crippen LogP) is 2.73. The maximum atomic E-state index is 11.9. The average molecular weight is 296 g/mol. The quantitative estimate of drug-likeness (QED) is 0.687. The molecule has 0 saturated heterocycles. The minimum absolute atomic E-state index is 0.289. The summed E-state index contributed by atoms with van der Waals surface area (Å²) in [4.78, 5) is 14.4. The average Bonchev–Trinajstić information content (AvgIpc) is 3.13. The van der Waals surface area contributed by atoms with Crippen LogP contribution in [0.2, 0.25) is 0 Å². The van der Waals surface area contributed by atoms with E-state index in [9.17, 15) is 9.90 Å². The summed E-state index contributed by atoms with van der Waals surface area (Å²) in [5.74, 6) is 0.336. The lowest BCUT2D eigenvalue weighted by molar-refractivity contribution is -0.147. The summed E-state index contributed by atoms with van der Waals surface area (Å²) in [7, 11) is 0. The molecule has 4 nitrogen and oxygen atoms in total. The first-order valence-electron chi connectivity index (χ1n) is 8.71. The number of nitrogens with one attached hydrogen (secondary N) is 1. The summed E-state index contributed by atoms with van der Waals surface area (Å²) in [5.41, 5.74) is -0.640. The molecule has 2 rings (SSSR count). The number of rotatable bonds is 9. The Labute approximate surface area is 129 Å². The Hall–Kier alpha value is -0.610. The van der Waals surface area contributed by atoms with E-state index in [4.69, 9.17) is 0 Å². The fourth-order valence-electron chi connectivity index (χ4n) is 3.83. The third-order valence-corrected chi connectivity index (χ3v) is 5.11. The van der Waals surface area contributed by atoms with E-state index in [1.54, 1.807) is 0 Å². The Balaban J connectivity index is 1.94. The molecule has 2 aliphatic rings. The second kappa shape index (κ2) is 7.10. The molecule has 2 atom stereocenters. The van der Waals surface area contributed by atoms with Crippen LogP contribution in [-0.4, -0.2) is 47.2 Å². The highest BCUT2D eigenvalue weighted by Gasteiger charge is 2.51. The lowest BCUT2D eigenvalue weighted by Gasteiger charge is -2.34. The lowest BCUT2D eigenvalue weighted by atomic mass is 9.84. The van der Waals surface area contributed by atoms with Crippen LogP contribution in [0.4, 0.5) is 0 Å². The number of carboxylic acid groups (broad SMARTS) is 1. The van der Waals surface area contributed by atoms with Gasteiger partial charge in [-0.3, -0.25) is 10.1 Å². The SMILES string of the molecule is CCN(CCC1CCCC1(NC1CC1)C(=O)O)CC(C)C. The maximum absolute atomic E-state index is 11.9. The number of hydrogen-bond acceptors (Lipinski definition) is 3. The molecule has 0 bridgehead atoms. The molecular weight excluding hydrogens is 264 g/mol. The largest absolute Gasteiger partial charge is 0.480 e. The minimum atomic E-state index is -0.640. The van der Waals surface area contributed by atoms with E-state index in [1.807, 2.05) is 0 Å². The van der Waals surface area contributed by atoms with E-state index < -0.39 is 11.5 Å². The fourth-order valence-corrected chi connectivity index (χ4v) is 3.83. The normalized spacial score (nSPS) is 29.5. The third-order valence-electron chi connectivity index (χ3n) is 5.11. The molecule has 0 heterocycles. The van der Waals surface area contributed by atoms with Crippen LogP contribution in [-0.2, 0) is 4.79 Å². The summed E-state index contributed by atoms with van der Waals surface area (Å²) in [6, 6.07) is 0.458. The van der Waals surface area contributed by atoms with Crippen LogP contribution in [0.15, 0.2) is 0 Å². The zero-order valence-electron chi connectivity index (χ0n) is 13.9. The van der Waals surface area contributed by atoms with E-state index in [1.165, 1.54) is 0 Å². The molecule has 0 aliphatic heterocycles. The monoisotopic (exact) mass is 296 g/mol. The van der Waals surface area contributed by atoms with E-state index in [0.29, 0.717) is 12.0 Å². The van der Waals surface area contributed by atoms with Crippen molar-refractivity contribution in [1.29, 1.82) is 0 Å². The topological polar surface area (TPSA) is 52.6 Å². The molecule has 4 heteroatoms. The summed E-state index contributed by atoms with van der Waals surface area (Å²) < 4.78 is 0. The molecule has 0 spiro atoms. The molecule has 2 aliphatic carbocycles. The van der Waals surface area contributed by atoms with Crippen molar-refractivity contribution in [2.24, 2.45) is 11.8 Å². The van der Waals surface area contributed by atoms with Gasteiger partial charge >= 0.3 is 5.97 Å². The second-order valence-corrected chi connectivity index (χ2v) is 7.36. The van der Waals surface area contributed by atoms with E-state index >= 15 is 0 Å². The molecule has 0 aromatic rings. The van der Waals surface area contributed by atoms with Gasteiger partial charge < -0.3 is 10.0 Å². The Morgan fingerprint density at radius 2 is 2.10 bits per heavy atom. The van der Waals surface area contributed by atoms with Gasteiger partial charge in [0.15, 0.2) is 0 Å². The Morgan fingerprint density at radius 3 is 2.62 bits per heavy atom. The standard InChI is InChI=1S/C17H32N2O2/c1-4-19(12-13(2)3)11-9-14-6-5-10-17(14,16(20)21)18-15-7-8-15/h13-15,18H,4-12H2,1-3H3,(H,20,21). The van der Waals surface area contributed by atoms with Crippen molar-refractivity contribution in [3.8, 4) is 0 Å². The van der Waals surface area contributed by atoms with Crippen molar-refractivity contribution in [3.05, 3.63) is 0 Å². The molecule has 0 aromatic carbocycles. The van der Waals surface area contributed by atoms with Gasteiger partial charge in [-0.25, -0.2) is 0 Å². The highest BCUT2D eigenvalue weighted by Crippen LogP contribution is 2.40. The smallest absolute Gasteiger partial charge is 0.324 e. The van der Waals surface area contributed by atoms with Crippen molar-refractivity contribution in [1.82, 2.24) is 10.2 Å². The minimum Gasteiger partial charge on any atom is -0.480 e. The summed E-state index contributed by atoms with van der Waals surface area (Å²) in [5, 5.41) is 13.3. The van der Waals surface area contributed by atoms with Crippen LogP contribution < -0.4 is 5.32 Å². The number of nitrogens with zero attached hydrogens (tertiary/aromatic N) is 1. The maximum Gasteiger partial charge on any atom is 0.324 e. The van der Waals surface area contributed by atoms with Gasteiger partial charge in [0, 0.05) is 12.6 Å². The molecule has 2 N–H and O–H groups in total. The molecule has 21 heavy (non-hydrogen) atoms. The summed E-state index contributed by atoms with van der Waals surface area (Å²) in [6.07, 6.45) is 6.22. The van der Waals surface area contributed by atoms with E-state index in [0.717, 1.165) is 58.2 Å². The number of hydrogen-bond donors (Lipinski definition) is 2. The van der Waals surface area contributed by atoms with Gasteiger partial charge in [-0.2, -0.15) is 0 Å². The molecular formula is C17H32N2O2. The Morgan fingerprint density at radius 1 is 1.38 bits per heavy atom. The Kier molecular flexibility index (Phi) is 5.67. The second-order valence-electron chi connectivity index (χ2n) is 7.36. The zero-order chi connectivity index (χ0) is 15.5. The van der Waals surface area contributed by atoms with Crippen LogP contribution in [0.3, 0.4) is 0 Å². The van der Waals surface area contributed by atoms with Crippen LogP contribution in [0.25, 0.3) is 0 Å². The first-order valence-corrected chi connectivity index (χ1v) is 8.71. The molecule has 0 aromatic heterocycles. The Bertz CT molecular complexity index is 355. The van der Waals surface area contributed by atoms with Crippen molar-refractivity contribution in [2.75, 3.05) is 19.6 Å². The predicted molar refractivity (Wildman–Crippen MR) is 85.4 cm³/mol. The third kappa shape index (κ3) is 4.19. The molecule has 2 saturated carbocycles. The van der Waals surface area contributed by atoms with E-state index in [-0.39, 0.29) is 5.92 Å². The first-order chi connectivity index (χ1) is 9.98. The molecule has 0 radical (unpaired) electrons. The van der Waals surface area contributed by atoms with Crippen LogP contribution in [0, 0.1) is 11.8 Å². The van der Waals surface area contributed by atoms with Crippen LogP contribution in [0.5, 0.6) is 0 Å². The van der Waals surface area contributed by atoms with Gasteiger partial charge in [0.25, 0.3) is 0 Å². The van der Waals surface area contributed by atoms with Gasteiger partial charge in [0.2, 0.25) is 0 Å². The highest BCUT2D eigenvalue weighted by atomic mass is 16.4. The first kappa shape index (κ1) is 16.8. The highest BCUT2D eigenvalue weighted by molar-refractivity contribution is 5.80. The number of carboxylic acids is 1. The van der Waals surface area contributed by atoms with Gasteiger partial charge in [0.05, 0.1) is 0 Å². The van der Waals surface area contributed by atoms with Crippen molar-refractivity contribution >= 4 is 5.97 Å². The van der Waals surface area contributed by atoms with Gasteiger partial charge in [-0.15, -0.1) is 0 Å². The van der Waals surface area contributed by atoms with Crippen molar-refractivity contribution in [2.45, 2.75) is 70.9 Å². The lowest BCUT2D eigenvalue weighted by Crippen LogP contribution is -2.56. The van der Waals surface area contributed by atoms with Crippen LogP contribution in [0.1, 0.15) is 59.3 Å².